The van der Waals surface area contributed by atoms with Gasteiger partial charge in [0, 0.05) is 10.8 Å². The number of hydrazone groups is 1. The van der Waals surface area contributed by atoms with E-state index in [-0.39, 0.29) is 5.91 Å². The summed E-state index contributed by atoms with van der Waals surface area (Å²) in [6, 6.07) is 23.0. The molecule has 1 N–H and O–H groups in total. The highest BCUT2D eigenvalue weighted by atomic mass is 35.5. The number of methoxy groups -OCH3 is 1. The molecule has 0 saturated heterocycles. The molecule has 3 aromatic rings. The van der Waals surface area contributed by atoms with Crippen LogP contribution in [0.25, 0.3) is 0 Å². The first-order valence-electron chi connectivity index (χ1n) is 9.63. The number of thioether (sulfide) groups is 1. The maximum absolute atomic E-state index is 12.0. The highest BCUT2D eigenvalue weighted by Crippen LogP contribution is 2.28. The molecule has 0 bridgehead atoms. The van der Waals surface area contributed by atoms with Gasteiger partial charge in [0.25, 0.3) is 0 Å². The second kappa shape index (κ2) is 12.0. The maximum atomic E-state index is 12.0. The molecule has 0 heterocycles. The lowest BCUT2D eigenvalue weighted by Gasteiger charge is -2.11. The molecular formula is C24H23ClN2O3S. The number of nitrogens with one attached hydrogen (secondary N) is 1. The molecule has 1 amide bonds. The zero-order valence-corrected chi connectivity index (χ0v) is 18.7. The van der Waals surface area contributed by atoms with Crippen LogP contribution in [-0.4, -0.2) is 25.0 Å². The first kappa shape index (κ1) is 22.7. The normalized spacial score (nSPS) is 10.8. The second-order valence-corrected chi connectivity index (χ2v) is 8.02. The Bertz CT molecular complexity index is 1030. The third-order valence-electron chi connectivity index (χ3n) is 4.22. The Morgan fingerprint density at radius 2 is 1.84 bits per heavy atom. The molecule has 0 aliphatic heterocycles. The van der Waals surface area contributed by atoms with E-state index in [0.717, 1.165) is 16.7 Å². The number of halogens is 1. The van der Waals surface area contributed by atoms with Crippen molar-refractivity contribution in [2.75, 3.05) is 12.9 Å². The first-order valence-corrected chi connectivity index (χ1v) is 11.2. The van der Waals surface area contributed by atoms with Crippen molar-refractivity contribution in [3.05, 3.63) is 94.5 Å². The summed E-state index contributed by atoms with van der Waals surface area (Å²) in [6.45, 7) is 0.452. The van der Waals surface area contributed by atoms with E-state index in [1.807, 2.05) is 72.8 Å². The monoisotopic (exact) mass is 454 g/mol. The minimum Gasteiger partial charge on any atom is -0.493 e. The van der Waals surface area contributed by atoms with Crippen molar-refractivity contribution in [3.63, 3.8) is 0 Å². The molecule has 0 aliphatic carbocycles. The van der Waals surface area contributed by atoms with Crippen LogP contribution in [0.3, 0.4) is 0 Å². The summed E-state index contributed by atoms with van der Waals surface area (Å²) in [5, 5.41) is 4.72. The second-order valence-electron chi connectivity index (χ2n) is 6.60. The van der Waals surface area contributed by atoms with E-state index in [9.17, 15) is 4.79 Å². The highest BCUT2D eigenvalue weighted by molar-refractivity contribution is 7.99. The number of hydrogen-bond acceptors (Lipinski definition) is 5. The average Bonchev–Trinajstić information content (AvgIpc) is 2.79. The molecule has 3 rings (SSSR count). The fraction of sp³-hybridized carbons (Fsp3) is 0.167. The highest BCUT2D eigenvalue weighted by Gasteiger charge is 2.06. The Hall–Kier alpha value is -2.96. The van der Waals surface area contributed by atoms with Crippen LogP contribution in [0.15, 0.2) is 77.9 Å². The van der Waals surface area contributed by atoms with Gasteiger partial charge in [0.05, 0.1) is 19.1 Å². The fourth-order valence-electron chi connectivity index (χ4n) is 2.72. The van der Waals surface area contributed by atoms with Crippen LogP contribution in [0.2, 0.25) is 5.02 Å². The largest absolute Gasteiger partial charge is 0.493 e. The molecule has 0 spiro atoms. The minimum absolute atomic E-state index is 0.168. The summed E-state index contributed by atoms with van der Waals surface area (Å²) >= 11 is 7.47. The van der Waals surface area contributed by atoms with E-state index in [1.54, 1.807) is 13.3 Å². The van der Waals surface area contributed by atoms with Crippen LogP contribution in [0.1, 0.15) is 16.7 Å². The summed E-state index contributed by atoms with van der Waals surface area (Å²) in [6.07, 6.45) is 1.57. The molecule has 0 saturated carbocycles. The van der Waals surface area contributed by atoms with Gasteiger partial charge < -0.3 is 9.47 Å². The topological polar surface area (TPSA) is 59.9 Å². The number of nitrogens with zero attached hydrogens (tertiary/aromatic N) is 1. The van der Waals surface area contributed by atoms with Crippen LogP contribution in [0.4, 0.5) is 0 Å². The van der Waals surface area contributed by atoms with Gasteiger partial charge in [-0.25, -0.2) is 5.43 Å². The Balaban J connectivity index is 1.46. The van der Waals surface area contributed by atoms with Crippen molar-refractivity contribution >= 4 is 35.5 Å². The summed E-state index contributed by atoms with van der Waals surface area (Å²) in [7, 11) is 1.59. The number of amides is 1. The number of ether oxygens (including phenoxy) is 2. The van der Waals surface area contributed by atoms with Crippen molar-refractivity contribution in [2.45, 2.75) is 12.4 Å². The quantitative estimate of drug-likeness (QED) is 0.333. The number of carbonyl (C=O) groups excluding carboxylic acids is 1. The third kappa shape index (κ3) is 7.66. The molecule has 0 aliphatic rings. The molecular weight excluding hydrogens is 432 g/mol. The third-order valence-corrected chi connectivity index (χ3v) is 5.46. The van der Waals surface area contributed by atoms with E-state index in [1.165, 1.54) is 11.8 Å². The Labute approximate surface area is 191 Å². The summed E-state index contributed by atoms with van der Waals surface area (Å²) < 4.78 is 11.3. The van der Waals surface area contributed by atoms with E-state index < -0.39 is 0 Å². The Morgan fingerprint density at radius 1 is 1.03 bits per heavy atom. The van der Waals surface area contributed by atoms with Crippen molar-refractivity contribution in [3.8, 4) is 11.5 Å². The molecule has 0 radical (unpaired) electrons. The maximum Gasteiger partial charge on any atom is 0.250 e. The smallest absolute Gasteiger partial charge is 0.250 e. The number of hydrogen-bond donors (Lipinski definition) is 1. The van der Waals surface area contributed by atoms with Gasteiger partial charge in [-0.1, -0.05) is 54.1 Å². The molecule has 0 unspecified atom stereocenters. The van der Waals surface area contributed by atoms with E-state index in [4.69, 9.17) is 21.1 Å². The van der Waals surface area contributed by atoms with E-state index in [2.05, 4.69) is 10.5 Å². The fourth-order valence-corrected chi connectivity index (χ4v) is 3.70. The van der Waals surface area contributed by atoms with Crippen molar-refractivity contribution in [1.29, 1.82) is 0 Å². The van der Waals surface area contributed by atoms with Crippen LogP contribution in [-0.2, 0) is 17.2 Å². The summed E-state index contributed by atoms with van der Waals surface area (Å²) in [5.74, 6) is 2.09. The van der Waals surface area contributed by atoms with E-state index >= 15 is 0 Å². The molecule has 5 nitrogen and oxygen atoms in total. The molecule has 7 heteroatoms. The molecule has 0 fully saturated rings. The van der Waals surface area contributed by atoms with Gasteiger partial charge in [-0.2, -0.15) is 5.10 Å². The van der Waals surface area contributed by atoms with Gasteiger partial charge in [-0.05, 0) is 47.0 Å². The van der Waals surface area contributed by atoms with Gasteiger partial charge in [-0.3, -0.25) is 4.79 Å². The lowest BCUT2D eigenvalue weighted by Crippen LogP contribution is -2.19. The number of benzene rings is 3. The molecule has 160 valence electrons. The van der Waals surface area contributed by atoms with Gasteiger partial charge in [0.1, 0.15) is 6.61 Å². The van der Waals surface area contributed by atoms with Gasteiger partial charge in [-0.15, -0.1) is 11.8 Å². The summed E-state index contributed by atoms with van der Waals surface area (Å²) in [4.78, 5) is 12.0. The predicted octanol–water partition coefficient (Wildman–Crippen LogP) is 5.31. The van der Waals surface area contributed by atoms with Gasteiger partial charge in [0.15, 0.2) is 11.5 Å². The Kier molecular flexibility index (Phi) is 8.82. The van der Waals surface area contributed by atoms with Crippen molar-refractivity contribution < 1.29 is 14.3 Å². The van der Waals surface area contributed by atoms with Crippen LogP contribution >= 0.6 is 23.4 Å². The van der Waals surface area contributed by atoms with Gasteiger partial charge >= 0.3 is 0 Å². The molecule has 31 heavy (non-hydrogen) atoms. The lowest BCUT2D eigenvalue weighted by molar-refractivity contribution is -0.118. The summed E-state index contributed by atoms with van der Waals surface area (Å²) in [5.41, 5.74) is 5.48. The minimum atomic E-state index is -0.168. The SMILES string of the molecule is COc1cc(/C=N\NC(=O)CSCc2cccc(Cl)c2)ccc1OCc1ccccc1. The molecule has 0 atom stereocenters. The van der Waals surface area contributed by atoms with Crippen molar-refractivity contribution in [2.24, 2.45) is 5.10 Å². The van der Waals surface area contributed by atoms with E-state index in [0.29, 0.717) is 34.6 Å². The zero-order chi connectivity index (χ0) is 21.9. The Morgan fingerprint density at radius 3 is 2.61 bits per heavy atom. The van der Waals surface area contributed by atoms with Gasteiger partial charge in [0.2, 0.25) is 5.91 Å². The zero-order valence-electron chi connectivity index (χ0n) is 17.1. The lowest BCUT2D eigenvalue weighted by atomic mass is 10.2. The van der Waals surface area contributed by atoms with Crippen LogP contribution in [0, 0.1) is 0 Å². The van der Waals surface area contributed by atoms with Crippen LogP contribution in [0.5, 0.6) is 11.5 Å². The van der Waals surface area contributed by atoms with Crippen molar-refractivity contribution in [1.82, 2.24) is 5.43 Å². The standard InChI is InChI=1S/C24H23ClN2O3S/c1-29-23-13-19(10-11-22(23)30-15-18-6-3-2-4-7-18)14-26-27-24(28)17-31-16-20-8-5-9-21(25)12-20/h2-14H,15-17H2,1H3,(H,27,28)/b26-14-. The number of rotatable bonds is 10. The molecule has 3 aromatic carbocycles. The first-order chi connectivity index (χ1) is 15.1. The predicted molar refractivity (Wildman–Crippen MR) is 127 cm³/mol. The number of carbonyl (C=O) groups is 1. The molecule has 0 aromatic heterocycles. The average molecular weight is 455 g/mol. The van der Waals surface area contributed by atoms with Crippen LogP contribution < -0.4 is 14.9 Å².